The number of hydrogen-bond donors (Lipinski definition) is 1. The molecule has 0 heterocycles. The van der Waals surface area contributed by atoms with E-state index in [0.717, 1.165) is 42.0 Å². The van der Waals surface area contributed by atoms with Crippen molar-refractivity contribution in [3.8, 4) is 0 Å². The van der Waals surface area contributed by atoms with E-state index < -0.39 is 28.5 Å². The number of nitrogens with one attached hydrogen (secondary N) is 1. The standard InChI is InChI=1S/C31H35Cl2N3O4S/c1-2-29(31(38)34-26-13-7-4-8-14-26)35(21-23-10-5-3-6-11-23)30(37)22-36(27-15-9-12-25(33)20-27)41(39,40)28-18-16-24(32)17-19-28/h3,5-6,9-12,15-20,26,29H,2,4,7-8,13-14,21-22H2,1H3,(H,34,38)/t29-/m0/s1. The Labute approximate surface area is 252 Å². The number of rotatable bonds is 11. The van der Waals surface area contributed by atoms with Gasteiger partial charge in [-0.1, -0.05) is 85.8 Å². The fraction of sp³-hybridized carbons (Fsp3) is 0.355. The van der Waals surface area contributed by atoms with Crippen molar-refractivity contribution in [1.29, 1.82) is 0 Å². The van der Waals surface area contributed by atoms with Gasteiger partial charge < -0.3 is 10.2 Å². The minimum atomic E-state index is -4.20. The van der Waals surface area contributed by atoms with Gasteiger partial charge in [0.05, 0.1) is 10.6 Å². The topological polar surface area (TPSA) is 86.8 Å². The van der Waals surface area contributed by atoms with Gasteiger partial charge in [0.2, 0.25) is 11.8 Å². The Morgan fingerprint density at radius 2 is 1.59 bits per heavy atom. The zero-order valence-electron chi connectivity index (χ0n) is 23.0. The number of amides is 2. The zero-order chi connectivity index (χ0) is 29.4. The van der Waals surface area contributed by atoms with Gasteiger partial charge in [-0.05, 0) is 67.3 Å². The molecule has 1 fully saturated rings. The van der Waals surface area contributed by atoms with Crippen LogP contribution in [0.15, 0.2) is 83.8 Å². The number of halogens is 2. The largest absolute Gasteiger partial charge is 0.352 e. The summed E-state index contributed by atoms with van der Waals surface area (Å²) in [5.74, 6) is -0.726. The van der Waals surface area contributed by atoms with Crippen molar-refractivity contribution in [2.75, 3.05) is 10.8 Å². The van der Waals surface area contributed by atoms with Gasteiger partial charge in [-0.3, -0.25) is 13.9 Å². The smallest absolute Gasteiger partial charge is 0.264 e. The number of anilines is 1. The van der Waals surface area contributed by atoms with Crippen molar-refractivity contribution < 1.29 is 18.0 Å². The molecule has 3 aromatic rings. The van der Waals surface area contributed by atoms with E-state index in [0.29, 0.717) is 16.5 Å². The Morgan fingerprint density at radius 3 is 2.22 bits per heavy atom. The minimum absolute atomic E-state index is 0.0219. The maximum absolute atomic E-state index is 14.1. The molecule has 1 atom stereocenters. The second-order valence-corrected chi connectivity index (χ2v) is 13.0. The lowest BCUT2D eigenvalue weighted by Gasteiger charge is -2.34. The highest BCUT2D eigenvalue weighted by Crippen LogP contribution is 2.28. The summed E-state index contributed by atoms with van der Waals surface area (Å²) >= 11 is 12.2. The van der Waals surface area contributed by atoms with E-state index >= 15 is 0 Å². The van der Waals surface area contributed by atoms with E-state index in [4.69, 9.17) is 23.2 Å². The van der Waals surface area contributed by atoms with Crippen molar-refractivity contribution in [2.45, 2.75) is 69.0 Å². The van der Waals surface area contributed by atoms with Gasteiger partial charge in [-0.2, -0.15) is 0 Å². The molecule has 0 aliphatic heterocycles. The van der Waals surface area contributed by atoms with Crippen molar-refractivity contribution in [1.82, 2.24) is 10.2 Å². The first-order valence-electron chi connectivity index (χ1n) is 13.9. The molecule has 0 bridgehead atoms. The molecule has 0 spiro atoms. The van der Waals surface area contributed by atoms with Crippen LogP contribution < -0.4 is 9.62 Å². The zero-order valence-corrected chi connectivity index (χ0v) is 25.3. The lowest BCUT2D eigenvalue weighted by molar-refractivity contribution is -0.140. The second kappa shape index (κ2) is 14.2. The lowest BCUT2D eigenvalue weighted by atomic mass is 9.95. The molecule has 0 aromatic heterocycles. The molecule has 41 heavy (non-hydrogen) atoms. The van der Waals surface area contributed by atoms with E-state index in [2.05, 4.69) is 5.32 Å². The van der Waals surface area contributed by atoms with Crippen LogP contribution in [0, 0.1) is 0 Å². The van der Waals surface area contributed by atoms with E-state index in [1.807, 2.05) is 37.3 Å². The maximum Gasteiger partial charge on any atom is 0.264 e. The molecular weight excluding hydrogens is 581 g/mol. The van der Waals surface area contributed by atoms with Gasteiger partial charge in [-0.25, -0.2) is 8.42 Å². The molecule has 1 aliphatic rings. The Bertz CT molecular complexity index is 1430. The Balaban J connectivity index is 1.69. The SMILES string of the molecule is CC[C@@H](C(=O)NC1CCCCC1)N(Cc1ccccc1)C(=O)CN(c1cccc(Cl)c1)S(=O)(=O)c1ccc(Cl)cc1. The van der Waals surface area contributed by atoms with Crippen LogP contribution in [0.1, 0.15) is 51.0 Å². The normalized spacial score (nSPS) is 14.7. The van der Waals surface area contributed by atoms with Gasteiger partial charge in [0.25, 0.3) is 10.0 Å². The summed E-state index contributed by atoms with van der Waals surface area (Å²) in [6.07, 6.45) is 5.48. The first kappa shape index (κ1) is 30.9. The average Bonchev–Trinajstić information content (AvgIpc) is 2.97. The molecule has 1 N–H and O–H groups in total. The number of nitrogens with zero attached hydrogens (tertiary/aromatic N) is 2. The predicted octanol–water partition coefficient (Wildman–Crippen LogP) is 6.45. The summed E-state index contributed by atoms with van der Waals surface area (Å²) < 4.78 is 28.8. The fourth-order valence-electron chi connectivity index (χ4n) is 5.14. The summed E-state index contributed by atoms with van der Waals surface area (Å²) in [6.45, 7) is 1.49. The van der Waals surface area contributed by atoms with Crippen LogP contribution in [-0.4, -0.2) is 43.8 Å². The molecular formula is C31H35Cl2N3O4S. The van der Waals surface area contributed by atoms with Gasteiger partial charge in [0.1, 0.15) is 12.6 Å². The van der Waals surface area contributed by atoms with E-state index in [1.54, 1.807) is 18.2 Å². The molecule has 4 rings (SSSR count). The van der Waals surface area contributed by atoms with Gasteiger partial charge >= 0.3 is 0 Å². The van der Waals surface area contributed by atoms with Crippen LogP contribution in [-0.2, 0) is 26.2 Å². The summed E-state index contributed by atoms with van der Waals surface area (Å²) in [5, 5.41) is 3.86. The highest BCUT2D eigenvalue weighted by atomic mass is 35.5. The van der Waals surface area contributed by atoms with Gasteiger partial charge in [0, 0.05) is 22.6 Å². The van der Waals surface area contributed by atoms with Crippen LogP contribution in [0.25, 0.3) is 0 Å². The molecule has 218 valence electrons. The number of benzene rings is 3. The number of hydrogen-bond acceptors (Lipinski definition) is 4. The molecule has 0 unspecified atom stereocenters. The van der Waals surface area contributed by atoms with Crippen LogP contribution >= 0.6 is 23.2 Å². The molecule has 3 aromatic carbocycles. The van der Waals surface area contributed by atoms with Gasteiger partial charge in [-0.15, -0.1) is 0 Å². The van der Waals surface area contributed by atoms with Crippen molar-refractivity contribution in [3.05, 3.63) is 94.5 Å². The summed E-state index contributed by atoms with van der Waals surface area (Å²) in [5.41, 5.74) is 1.07. The Kier molecular flexibility index (Phi) is 10.7. The Morgan fingerprint density at radius 1 is 0.902 bits per heavy atom. The quantitative estimate of drug-likeness (QED) is 0.269. The van der Waals surface area contributed by atoms with Gasteiger partial charge in [0.15, 0.2) is 0 Å². The fourth-order valence-corrected chi connectivity index (χ4v) is 6.85. The summed E-state index contributed by atoms with van der Waals surface area (Å²) in [4.78, 5) is 29.2. The molecule has 0 saturated heterocycles. The van der Waals surface area contributed by atoms with Crippen LogP contribution in [0.4, 0.5) is 5.69 Å². The third-order valence-electron chi connectivity index (χ3n) is 7.31. The number of sulfonamides is 1. The lowest BCUT2D eigenvalue weighted by Crippen LogP contribution is -2.54. The number of carbonyl (C=O) groups excluding carboxylic acids is 2. The minimum Gasteiger partial charge on any atom is -0.352 e. The molecule has 2 amide bonds. The monoisotopic (exact) mass is 615 g/mol. The summed E-state index contributed by atoms with van der Waals surface area (Å²) in [7, 11) is -4.20. The average molecular weight is 617 g/mol. The molecule has 10 heteroatoms. The molecule has 1 saturated carbocycles. The van der Waals surface area contributed by atoms with Crippen molar-refractivity contribution >= 4 is 50.7 Å². The first-order valence-corrected chi connectivity index (χ1v) is 16.1. The highest BCUT2D eigenvalue weighted by molar-refractivity contribution is 7.92. The van der Waals surface area contributed by atoms with Crippen molar-refractivity contribution in [3.63, 3.8) is 0 Å². The third kappa shape index (κ3) is 8.03. The number of carbonyl (C=O) groups is 2. The van der Waals surface area contributed by atoms with Crippen LogP contribution in [0.5, 0.6) is 0 Å². The molecule has 1 aliphatic carbocycles. The molecule has 7 nitrogen and oxygen atoms in total. The van der Waals surface area contributed by atoms with E-state index in [1.165, 1.54) is 35.2 Å². The summed E-state index contributed by atoms with van der Waals surface area (Å²) in [6, 6.07) is 20.8. The van der Waals surface area contributed by atoms with Crippen molar-refractivity contribution in [2.24, 2.45) is 0 Å². The van der Waals surface area contributed by atoms with E-state index in [9.17, 15) is 18.0 Å². The van der Waals surface area contributed by atoms with Crippen LogP contribution in [0.2, 0.25) is 10.0 Å². The second-order valence-electron chi connectivity index (χ2n) is 10.2. The predicted molar refractivity (Wildman–Crippen MR) is 164 cm³/mol. The highest BCUT2D eigenvalue weighted by Gasteiger charge is 2.34. The molecule has 0 radical (unpaired) electrons. The first-order chi connectivity index (χ1) is 19.7. The maximum atomic E-state index is 14.1. The third-order valence-corrected chi connectivity index (χ3v) is 9.59. The van der Waals surface area contributed by atoms with E-state index in [-0.39, 0.29) is 29.1 Å². The Hall–Kier alpha value is -3.07. The van der Waals surface area contributed by atoms with Crippen LogP contribution in [0.3, 0.4) is 0 Å².